The topological polar surface area (TPSA) is 68.2 Å². The van der Waals surface area contributed by atoms with E-state index in [2.05, 4.69) is 16.0 Å². The van der Waals surface area contributed by atoms with Crippen LogP contribution in [0, 0.1) is 6.92 Å². The van der Waals surface area contributed by atoms with Gasteiger partial charge in [-0.1, -0.05) is 12.1 Å². The largest absolute Gasteiger partial charge is 0.457 e. The minimum absolute atomic E-state index is 0.181. The molecule has 6 nitrogen and oxygen atoms in total. The molecule has 1 heterocycles. The molecule has 0 saturated heterocycles. The molecule has 2 aromatic carbocycles. The summed E-state index contributed by atoms with van der Waals surface area (Å²) < 4.78 is 32.8. The molecule has 3 rings (SSSR count). The van der Waals surface area contributed by atoms with E-state index in [9.17, 15) is 13.6 Å². The summed E-state index contributed by atoms with van der Waals surface area (Å²) in [5.74, 6) is 0.656. The lowest BCUT2D eigenvalue weighted by Crippen LogP contribution is -2.29. The number of anilines is 1. The van der Waals surface area contributed by atoms with Crippen LogP contribution in [0.3, 0.4) is 0 Å². The predicted octanol–water partition coefficient (Wildman–Crippen LogP) is 4.22. The van der Waals surface area contributed by atoms with E-state index in [0.717, 1.165) is 11.3 Å². The van der Waals surface area contributed by atoms with E-state index in [4.69, 9.17) is 4.74 Å². The molecule has 0 aliphatic heterocycles. The van der Waals surface area contributed by atoms with Gasteiger partial charge in [-0.15, -0.1) is 0 Å². The number of nitrogens with one attached hydrogen (secondary N) is 2. The number of halogens is 2. The van der Waals surface area contributed by atoms with Crippen molar-refractivity contribution in [1.82, 2.24) is 15.2 Å². The van der Waals surface area contributed by atoms with Crippen molar-refractivity contribution in [2.75, 3.05) is 5.43 Å². The molecule has 27 heavy (non-hydrogen) atoms. The first kappa shape index (κ1) is 18.4. The molecule has 0 aliphatic carbocycles. The number of aryl methyl sites for hydroxylation is 2. The summed E-state index contributed by atoms with van der Waals surface area (Å²) in [4.78, 5) is 12.1. The zero-order valence-corrected chi connectivity index (χ0v) is 14.7. The fourth-order valence-electron chi connectivity index (χ4n) is 2.46. The van der Waals surface area contributed by atoms with E-state index in [0.29, 0.717) is 11.4 Å². The molecule has 140 valence electrons. The van der Waals surface area contributed by atoms with Gasteiger partial charge in [-0.05, 0) is 48.9 Å². The molecule has 0 atom stereocenters. The number of amides is 1. The quantitative estimate of drug-likeness (QED) is 0.636. The van der Waals surface area contributed by atoms with Gasteiger partial charge in [-0.3, -0.25) is 20.3 Å². The molecule has 0 saturated carbocycles. The van der Waals surface area contributed by atoms with Gasteiger partial charge in [0.2, 0.25) is 0 Å². The van der Waals surface area contributed by atoms with Gasteiger partial charge in [0.1, 0.15) is 17.2 Å². The average molecular weight is 372 g/mol. The Morgan fingerprint density at radius 2 is 1.89 bits per heavy atom. The van der Waals surface area contributed by atoms with Crippen molar-refractivity contribution in [2.45, 2.75) is 13.3 Å². The van der Waals surface area contributed by atoms with Crippen molar-refractivity contribution in [3.8, 4) is 11.5 Å². The number of hydrazine groups is 1. The molecule has 3 aromatic rings. The first-order valence-electron chi connectivity index (χ1n) is 8.15. The lowest BCUT2D eigenvalue weighted by Gasteiger charge is -2.10. The fourth-order valence-corrected chi connectivity index (χ4v) is 2.46. The Labute approximate surface area is 154 Å². The highest BCUT2D eigenvalue weighted by Gasteiger charge is 2.22. The highest BCUT2D eigenvalue weighted by molar-refractivity contribution is 5.95. The molecule has 8 heteroatoms. The van der Waals surface area contributed by atoms with Crippen LogP contribution in [-0.2, 0) is 7.05 Å². The number of ether oxygens (including phenoxy) is 1. The Bertz CT molecular complexity index is 939. The number of carbonyl (C=O) groups is 1. The normalized spacial score (nSPS) is 10.7. The van der Waals surface area contributed by atoms with Gasteiger partial charge in [0.25, 0.3) is 12.3 Å². The van der Waals surface area contributed by atoms with Gasteiger partial charge >= 0.3 is 0 Å². The van der Waals surface area contributed by atoms with Gasteiger partial charge < -0.3 is 4.74 Å². The summed E-state index contributed by atoms with van der Waals surface area (Å²) in [5, 5.41) is 3.61. The smallest absolute Gasteiger partial charge is 0.282 e. The minimum atomic E-state index is -2.83. The highest BCUT2D eigenvalue weighted by Crippen LogP contribution is 2.24. The summed E-state index contributed by atoms with van der Waals surface area (Å²) in [6, 6.07) is 14.5. The predicted molar refractivity (Wildman–Crippen MR) is 96.9 cm³/mol. The number of alkyl halides is 2. The zero-order chi connectivity index (χ0) is 19.4. The van der Waals surface area contributed by atoms with E-state index in [1.54, 1.807) is 24.3 Å². The Hall–Kier alpha value is -3.42. The lowest BCUT2D eigenvalue weighted by atomic mass is 10.2. The summed E-state index contributed by atoms with van der Waals surface area (Å²) >= 11 is 0. The van der Waals surface area contributed by atoms with Gasteiger partial charge in [0, 0.05) is 13.2 Å². The van der Waals surface area contributed by atoms with Gasteiger partial charge in [0.05, 0.1) is 11.3 Å². The van der Waals surface area contributed by atoms with Crippen LogP contribution in [0.15, 0.2) is 54.7 Å². The summed E-state index contributed by atoms with van der Waals surface area (Å²) in [5.41, 5.74) is 5.99. The second-order valence-electron chi connectivity index (χ2n) is 5.92. The number of hydrogen-bond donors (Lipinski definition) is 2. The maximum absolute atomic E-state index is 12.9. The van der Waals surface area contributed by atoms with Crippen LogP contribution in [0.5, 0.6) is 11.5 Å². The van der Waals surface area contributed by atoms with Crippen LogP contribution in [-0.4, -0.2) is 15.7 Å². The van der Waals surface area contributed by atoms with Crippen LogP contribution >= 0.6 is 0 Å². The van der Waals surface area contributed by atoms with Gasteiger partial charge in [-0.25, -0.2) is 8.78 Å². The molecule has 0 aliphatic rings. The molecule has 0 spiro atoms. The first-order chi connectivity index (χ1) is 12.9. The monoisotopic (exact) mass is 372 g/mol. The van der Waals surface area contributed by atoms with E-state index in [1.807, 2.05) is 31.2 Å². The lowest BCUT2D eigenvalue weighted by molar-refractivity contribution is 0.0948. The number of benzene rings is 2. The summed E-state index contributed by atoms with van der Waals surface area (Å²) in [7, 11) is 1.48. The number of hydrogen-bond acceptors (Lipinski definition) is 4. The maximum Gasteiger partial charge on any atom is 0.282 e. The van der Waals surface area contributed by atoms with Gasteiger partial charge in [0.15, 0.2) is 0 Å². The van der Waals surface area contributed by atoms with E-state index < -0.39 is 18.0 Å². The minimum Gasteiger partial charge on any atom is -0.457 e. The Kier molecular flexibility index (Phi) is 5.35. The molecule has 0 bridgehead atoms. The molecular weight excluding hydrogens is 354 g/mol. The fraction of sp³-hybridized carbons (Fsp3) is 0.158. The zero-order valence-electron chi connectivity index (χ0n) is 14.7. The Morgan fingerprint density at radius 1 is 1.15 bits per heavy atom. The number of nitrogens with zero attached hydrogens (tertiary/aromatic N) is 2. The van der Waals surface area contributed by atoms with Crippen molar-refractivity contribution in [2.24, 2.45) is 7.05 Å². The molecule has 1 aromatic heterocycles. The van der Waals surface area contributed by atoms with Crippen LogP contribution < -0.4 is 15.6 Å². The van der Waals surface area contributed by atoms with Crippen molar-refractivity contribution >= 4 is 11.6 Å². The van der Waals surface area contributed by atoms with Crippen molar-refractivity contribution < 1.29 is 18.3 Å². The number of rotatable bonds is 6. The van der Waals surface area contributed by atoms with Crippen LogP contribution in [0.25, 0.3) is 0 Å². The third-order valence-corrected chi connectivity index (χ3v) is 3.71. The van der Waals surface area contributed by atoms with E-state index >= 15 is 0 Å². The SMILES string of the molecule is Cc1cccc(Oc2ccc(NNC(=O)c3cn(C)nc3C(F)F)cc2)c1. The second-order valence-corrected chi connectivity index (χ2v) is 5.92. The van der Waals surface area contributed by atoms with E-state index in [-0.39, 0.29) is 5.56 Å². The third kappa shape index (κ3) is 4.60. The Morgan fingerprint density at radius 3 is 2.56 bits per heavy atom. The Balaban J connectivity index is 1.61. The summed E-state index contributed by atoms with van der Waals surface area (Å²) in [6.45, 7) is 1.98. The van der Waals surface area contributed by atoms with Crippen molar-refractivity contribution in [3.63, 3.8) is 0 Å². The third-order valence-electron chi connectivity index (χ3n) is 3.71. The molecular formula is C19H18F2N4O2. The molecule has 0 fully saturated rings. The molecule has 1 amide bonds. The van der Waals surface area contributed by atoms with Gasteiger partial charge in [-0.2, -0.15) is 5.10 Å². The van der Waals surface area contributed by atoms with Crippen LogP contribution in [0.2, 0.25) is 0 Å². The highest BCUT2D eigenvalue weighted by atomic mass is 19.3. The molecule has 0 radical (unpaired) electrons. The summed E-state index contributed by atoms with van der Waals surface area (Å²) in [6.07, 6.45) is -1.58. The second kappa shape index (κ2) is 7.86. The first-order valence-corrected chi connectivity index (χ1v) is 8.15. The molecule has 2 N–H and O–H groups in total. The average Bonchev–Trinajstić information content (AvgIpc) is 3.03. The maximum atomic E-state index is 12.9. The number of aromatic nitrogens is 2. The van der Waals surface area contributed by atoms with Crippen molar-refractivity contribution in [1.29, 1.82) is 0 Å². The number of carbonyl (C=O) groups excluding carboxylic acids is 1. The standard InChI is InChI=1S/C19H18F2N4O2/c1-12-4-3-5-15(10-12)27-14-8-6-13(7-9-14)22-23-19(26)16-11-25(2)24-17(16)18(20)21/h3-11,18,22H,1-2H3,(H,23,26). The van der Waals surface area contributed by atoms with Crippen LogP contribution in [0.1, 0.15) is 28.0 Å². The van der Waals surface area contributed by atoms with Crippen molar-refractivity contribution in [3.05, 3.63) is 71.5 Å². The molecule has 0 unspecified atom stereocenters. The van der Waals surface area contributed by atoms with Crippen LogP contribution in [0.4, 0.5) is 14.5 Å². The van der Waals surface area contributed by atoms with E-state index in [1.165, 1.54) is 17.9 Å².